The summed E-state index contributed by atoms with van der Waals surface area (Å²) in [7, 11) is 0. The molecule has 32 heavy (non-hydrogen) atoms. The predicted molar refractivity (Wildman–Crippen MR) is 120 cm³/mol. The summed E-state index contributed by atoms with van der Waals surface area (Å²) < 4.78 is 24.6. The van der Waals surface area contributed by atoms with E-state index in [2.05, 4.69) is 0 Å². The normalized spacial score (nSPS) is 18.4. The second-order valence-electron chi connectivity index (χ2n) is 8.55. The van der Waals surface area contributed by atoms with Crippen LogP contribution in [0, 0.1) is 11.2 Å². The fourth-order valence-electron chi connectivity index (χ4n) is 4.29. The molecule has 0 N–H and O–H groups in total. The molecule has 3 heterocycles. The maximum absolute atomic E-state index is 13.2. The van der Waals surface area contributed by atoms with Crippen LogP contribution in [0.15, 0.2) is 41.8 Å². The minimum atomic E-state index is -0.358. The Bertz CT molecular complexity index is 889. The summed E-state index contributed by atoms with van der Waals surface area (Å²) in [5.74, 6) is 0.502. The van der Waals surface area contributed by atoms with Gasteiger partial charge in [0.2, 0.25) is 11.8 Å². The fourth-order valence-corrected chi connectivity index (χ4v) is 4.99. The van der Waals surface area contributed by atoms with Gasteiger partial charge in [0.1, 0.15) is 11.6 Å². The zero-order valence-corrected chi connectivity index (χ0v) is 18.9. The number of morpholine rings is 1. The first-order valence-corrected chi connectivity index (χ1v) is 12.0. The van der Waals surface area contributed by atoms with Crippen molar-refractivity contribution in [2.45, 2.75) is 25.7 Å². The van der Waals surface area contributed by atoms with Crippen LogP contribution < -0.4 is 4.74 Å². The summed E-state index contributed by atoms with van der Waals surface area (Å²) in [4.78, 5) is 30.6. The van der Waals surface area contributed by atoms with E-state index >= 15 is 0 Å². The van der Waals surface area contributed by atoms with Gasteiger partial charge >= 0.3 is 0 Å². The largest absolute Gasteiger partial charge is 0.493 e. The number of nitrogens with zero attached hydrogens (tertiary/aromatic N) is 2. The smallest absolute Gasteiger partial charge is 0.227 e. The van der Waals surface area contributed by atoms with Crippen molar-refractivity contribution in [2.75, 3.05) is 46.0 Å². The lowest BCUT2D eigenvalue weighted by Crippen LogP contribution is -2.49. The van der Waals surface area contributed by atoms with E-state index in [9.17, 15) is 14.0 Å². The average Bonchev–Trinajstić information content (AvgIpc) is 3.33. The Morgan fingerprint density at radius 3 is 2.34 bits per heavy atom. The van der Waals surface area contributed by atoms with Gasteiger partial charge in [-0.2, -0.15) is 0 Å². The Morgan fingerprint density at radius 1 is 1.00 bits per heavy atom. The Labute approximate surface area is 191 Å². The molecule has 0 aliphatic carbocycles. The molecule has 2 aliphatic rings. The van der Waals surface area contributed by atoms with Crippen molar-refractivity contribution in [1.29, 1.82) is 0 Å². The molecule has 0 saturated carbocycles. The second-order valence-corrected chi connectivity index (χ2v) is 9.58. The van der Waals surface area contributed by atoms with Crippen LogP contribution in [0.4, 0.5) is 4.39 Å². The first-order valence-electron chi connectivity index (χ1n) is 11.1. The number of hydrogen-bond donors (Lipinski definition) is 0. The number of thiophene rings is 1. The molecule has 2 aliphatic heterocycles. The lowest BCUT2D eigenvalue weighted by atomic mass is 9.75. The summed E-state index contributed by atoms with van der Waals surface area (Å²) in [6.07, 6.45) is 2.19. The molecule has 0 atom stereocenters. The first-order chi connectivity index (χ1) is 15.5. The van der Waals surface area contributed by atoms with Gasteiger partial charge in [0.15, 0.2) is 0 Å². The highest BCUT2D eigenvalue weighted by Crippen LogP contribution is 2.37. The Balaban J connectivity index is 1.40. The third-order valence-corrected chi connectivity index (χ3v) is 7.21. The van der Waals surface area contributed by atoms with Gasteiger partial charge in [0.05, 0.1) is 26.2 Å². The van der Waals surface area contributed by atoms with Crippen molar-refractivity contribution in [2.24, 2.45) is 5.41 Å². The molecule has 6 nitrogen and oxygen atoms in total. The Kier molecular flexibility index (Phi) is 7.42. The van der Waals surface area contributed by atoms with Crippen molar-refractivity contribution >= 4 is 23.2 Å². The van der Waals surface area contributed by atoms with Crippen LogP contribution >= 0.6 is 11.3 Å². The monoisotopic (exact) mass is 460 g/mol. The number of rotatable bonds is 7. The van der Waals surface area contributed by atoms with Crippen LogP contribution in [-0.2, 0) is 20.7 Å². The van der Waals surface area contributed by atoms with Gasteiger partial charge in [-0.15, -0.1) is 11.3 Å². The molecule has 1 aromatic heterocycles. The van der Waals surface area contributed by atoms with E-state index in [4.69, 9.17) is 9.47 Å². The number of amides is 2. The molecule has 4 rings (SSSR count). The topological polar surface area (TPSA) is 59.1 Å². The highest BCUT2D eigenvalue weighted by molar-refractivity contribution is 7.10. The van der Waals surface area contributed by atoms with Crippen LogP contribution in [0.2, 0.25) is 0 Å². The SMILES string of the molecule is O=C(Cc1cccs1)N1CCC(COc2ccc(F)cc2)(CC(=O)N2CCOCC2)CC1. The summed E-state index contributed by atoms with van der Waals surface area (Å²) >= 11 is 1.59. The summed E-state index contributed by atoms with van der Waals surface area (Å²) in [6.45, 7) is 3.92. The van der Waals surface area contributed by atoms with E-state index in [1.165, 1.54) is 12.1 Å². The molecular weight excluding hydrogens is 431 g/mol. The van der Waals surface area contributed by atoms with Gasteiger partial charge in [-0.1, -0.05) is 6.07 Å². The number of likely N-dealkylation sites (tertiary alicyclic amines) is 1. The van der Waals surface area contributed by atoms with Crippen LogP contribution in [0.25, 0.3) is 0 Å². The third-order valence-electron chi connectivity index (χ3n) is 6.33. The number of hydrogen-bond acceptors (Lipinski definition) is 5. The number of ether oxygens (including phenoxy) is 2. The highest BCUT2D eigenvalue weighted by Gasteiger charge is 2.40. The minimum absolute atomic E-state index is 0.106. The van der Waals surface area contributed by atoms with Crippen molar-refractivity contribution in [3.05, 3.63) is 52.5 Å². The van der Waals surface area contributed by atoms with Crippen LogP contribution in [0.5, 0.6) is 5.75 Å². The molecule has 172 valence electrons. The third kappa shape index (κ3) is 5.86. The van der Waals surface area contributed by atoms with Crippen LogP contribution in [0.3, 0.4) is 0 Å². The highest BCUT2D eigenvalue weighted by atomic mass is 32.1. The lowest BCUT2D eigenvalue weighted by Gasteiger charge is -2.42. The summed E-state index contributed by atoms with van der Waals surface area (Å²) in [6, 6.07) is 9.88. The van der Waals surface area contributed by atoms with E-state index in [-0.39, 0.29) is 23.0 Å². The zero-order chi connectivity index (χ0) is 22.4. The molecule has 2 amide bonds. The van der Waals surface area contributed by atoms with E-state index in [1.807, 2.05) is 27.3 Å². The van der Waals surface area contributed by atoms with Gasteiger partial charge < -0.3 is 19.3 Å². The van der Waals surface area contributed by atoms with Gasteiger partial charge in [0.25, 0.3) is 0 Å². The second kappa shape index (κ2) is 10.4. The van der Waals surface area contributed by atoms with E-state index in [0.717, 1.165) is 4.88 Å². The minimum Gasteiger partial charge on any atom is -0.493 e. The number of carbonyl (C=O) groups is 2. The fraction of sp³-hybridized carbons (Fsp3) is 0.500. The summed E-state index contributed by atoms with van der Waals surface area (Å²) in [5.41, 5.74) is -0.358. The molecule has 2 saturated heterocycles. The first kappa shape index (κ1) is 22.7. The van der Waals surface area contributed by atoms with E-state index in [1.54, 1.807) is 23.5 Å². The lowest BCUT2D eigenvalue weighted by molar-refractivity contribution is -0.140. The number of piperidine rings is 1. The van der Waals surface area contributed by atoms with E-state index < -0.39 is 0 Å². The van der Waals surface area contributed by atoms with Gasteiger partial charge in [-0.3, -0.25) is 9.59 Å². The van der Waals surface area contributed by atoms with Crippen LogP contribution in [-0.4, -0.2) is 67.6 Å². The predicted octanol–water partition coefficient (Wildman–Crippen LogP) is 3.37. The molecule has 0 spiro atoms. The molecule has 1 aromatic carbocycles. The standard InChI is InChI=1S/C24H29FN2O4S/c25-19-3-5-20(6-4-19)31-18-24(17-23(29)27-11-13-30-14-12-27)7-9-26(10-8-24)22(28)16-21-2-1-15-32-21/h1-6,15H,7-14,16-18H2. The average molecular weight is 461 g/mol. The molecule has 2 fully saturated rings. The maximum Gasteiger partial charge on any atom is 0.227 e. The van der Waals surface area contributed by atoms with Crippen LogP contribution in [0.1, 0.15) is 24.1 Å². The van der Waals surface area contributed by atoms with Crippen molar-refractivity contribution in [3.63, 3.8) is 0 Å². The molecule has 2 aromatic rings. The Morgan fingerprint density at radius 2 is 1.69 bits per heavy atom. The van der Waals surface area contributed by atoms with Crippen molar-refractivity contribution < 1.29 is 23.5 Å². The zero-order valence-electron chi connectivity index (χ0n) is 18.1. The van der Waals surface area contributed by atoms with Crippen molar-refractivity contribution in [3.8, 4) is 5.75 Å². The molecule has 0 radical (unpaired) electrons. The van der Waals surface area contributed by atoms with Gasteiger partial charge in [-0.05, 0) is 48.6 Å². The van der Waals surface area contributed by atoms with Crippen molar-refractivity contribution in [1.82, 2.24) is 9.80 Å². The van der Waals surface area contributed by atoms with E-state index in [0.29, 0.717) is 77.4 Å². The molecule has 0 bridgehead atoms. The molecule has 8 heteroatoms. The number of halogens is 1. The Hall–Kier alpha value is -2.45. The molecule has 0 unspecified atom stereocenters. The molecular formula is C24H29FN2O4S. The summed E-state index contributed by atoms with van der Waals surface area (Å²) in [5, 5.41) is 1.98. The van der Waals surface area contributed by atoms with Gasteiger partial charge in [-0.25, -0.2) is 4.39 Å². The number of benzene rings is 1. The maximum atomic E-state index is 13.2. The quantitative estimate of drug-likeness (QED) is 0.636. The van der Waals surface area contributed by atoms with Gasteiger partial charge in [0, 0.05) is 42.9 Å². The number of carbonyl (C=O) groups excluding carboxylic acids is 2.